The van der Waals surface area contributed by atoms with Crippen LogP contribution in [-0.2, 0) is 13.6 Å². The summed E-state index contributed by atoms with van der Waals surface area (Å²) in [7, 11) is 3.12. The lowest BCUT2D eigenvalue weighted by Crippen LogP contribution is -2.32. The minimum Gasteiger partial charge on any atom is -0.496 e. The smallest absolute Gasteiger partial charge is 0.345 e. The first-order valence-corrected chi connectivity index (χ1v) is 8.55. The summed E-state index contributed by atoms with van der Waals surface area (Å²) in [4.78, 5) is 28.8. The lowest BCUT2D eigenvalue weighted by atomic mass is 10.2. The molecule has 0 spiro atoms. The molecule has 140 valence electrons. The maximum Gasteiger partial charge on any atom is 0.345 e. The molecule has 1 amide bonds. The van der Waals surface area contributed by atoms with Crippen molar-refractivity contribution in [1.82, 2.24) is 24.6 Å². The highest BCUT2D eigenvalue weighted by Gasteiger charge is 2.14. The molecule has 0 fully saturated rings. The van der Waals surface area contributed by atoms with E-state index in [1.165, 1.54) is 22.4 Å². The van der Waals surface area contributed by atoms with Crippen molar-refractivity contribution in [2.75, 3.05) is 13.7 Å². The summed E-state index contributed by atoms with van der Waals surface area (Å²) in [5.74, 6) is 0.590. The van der Waals surface area contributed by atoms with Crippen LogP contribution in [0.1, 0.15) is 10.4 Å². The number of amides is 1. The van der Waals surface area contributed by atoms with Crippen LogP contribution in [0, 0.1) is 0 Å². The Morgan fingerprint density at radius 2 is 2.15 bits per heavy atom. The molecule has 0 saturated carbocycles. The fourth-order valence-corrected chi connectivity index (χ4v) is 2.78. The maximum atomic E-state index is 12.4. The van der Waals surface area contributed by atoms with Gasteiger partial charge in [0, 0.05) is 36.6 Å². The van der Waals surface area contributed by atoms with Gasteiger partial charge in [0.05, 0.1) is 19.2 Å². The van der Waals surface area contributed by atoms with Crippen LogP contribution in [0.4, 0.5) is 0 Å². The Bertz CT molecular complexity index is 1010. The summed E-state index contributed by atoms with van der Waals surface area (Å²) in [6, 6.07) is 8.40. The van der Waals surface area contributed by atoms with E-state index in [9.17, 15) is 9.59 Å². The Labute approximate surface area is 160 Å². The van der Waals surface area contributed by atoms with Crippen LogP contribution in [0.3, 0.4) is 0 Å². The van der Waals surface area contributed by atoms with Crippen LogP contribution in [0.25, 0.3) is 11.4 Å². The highest BCUT2D eigenvalue weighted by molar-refractivity contribution is 6.31. The highest BCUT2D eigenvalue weighted by atomic mass is 35.5. The molecule has 1 N–H and O–H groups in total. The van der Waals surface area contributed by atoms with Gasteiger partial charge in [-0.1, -0.05) is 11.6 Å². The number of aromatic nitrogens is 4. The Balaban J connectivity index is 1.70. The van der Waals surface area contributed by atoms with Gasteiger partial charge in [0.15, 0.2) is 5.82 Å². The number of hydrogen-bond acceptors (Lipinski definition) is 5. The third kappa shape index (κ3) is 4.01. The minimum atomic E-state index is -0.342. The van der Waals surface area contributed by atoms with E-state index in [2.05, 4.69) is 15.4 Å². The summed E-state index contributed by atoms with van der Waals surface area (Å²) < 4.78 is 7.92. The number of ether oxygens (including phenoxy) is 1. The Kier molecular flexibility index (Phi) is 5.56. The van der Waals surface area contributed by atoms with Gasteiger partial charge in [-0.05, 0) is 30.3 Å². The van der Waals surface area contributed by atoms with Gasteiger partial charge in [-0.15, -0.1) is 5.10 Å². The molecular formula is C18H18ClN5O3. The summed E-state index contributed by atoms with van der Waals surface area (Å²) in [5.41, 5.74) is 0.793. The molecule has 0 bridgehead atoms. The van der Waals surface area contributed by atoms with Gasteiger partial charge in [0.1, 0.15) is 5.75 Å². The van der Waals surface area contributed by atoms with Gasteiger partial charge >= 0.3 is 5.69 Å². The zero-order valence-electron chi connectivity index (χ0n) is 14.8. The van der Waals surface area contributed by atoms with Crippen molar-refractivity contribution in [3.63, 3.8) is 0 Å². The third-order valence-electron chi connectivity index (χ3n) is 3.98. The monoisotopic (exact) mass is 387 g/mol. The van der Waals surface area contributed by atoms with Crippen LogP contribution in [0.15, 0.2) is 47.5 Å². The highest BCUT2D eigenvalue weighted by Crippen LogP contribution is 2.22. The van der Waals surface area contributed by atoms with Crippen LogP contribution in [0.2, 0.25) is 5.02 Å². The minimum absolute atomic E-state index is 0.220. The Morgan fingerprint density at radius 3 is 2.85 bits per heavy atom. The van der Waals surface area contributed by atoms with E-state index in [0.29, 0.717) is 22.2 Å². The number of methoxy groups -OCH3 is 1. The van der Waals surface area contributed by atoms with Crippen LogP contribution in [0.5, 0.6) is 5.75 Å². The van der Waals surface area contributed by atoms with Gasteiger partial charge < -0.3 is 10.1 Å². The van der Waals surface area contributed by atoms with Gasteiger partial charge in [0.25, 0.3) is 5.91 Å². The molecule has 8 nitrogen and oxygen atoms in total. The molecule has 2 aromatic heterocycles. The number of rotatable bonds is 6. The van der Waals surface area contributed by atoms with Gasteiger partial charge in [-0.25, -0.2) is 9.48 Å². The quantitative estimate of drug-likeness (QED) is 0.695. The predicted molar refractivity (Wildman–Crippen MR) is 101 cm³/mol. The number of halogens is 1. The summed E-state index contributed by atoms with van der Waals surface area (Å²) in [5, 5.41) is 7.51. The maximum absolute atomic E-state index is 12.4. The number of hydrogen-bond donors (Lipinski definition) is 1. The van der Waals surface area contributed by atoms with Gasteiger partial charge in [-0.2, -0.15) is 0 Å². The van der Waals surface area contributed by atoms with Crippen LogP contribution in [-0.4, -0.2) is 38.9 Å². The lowest BCUT2D eigenvalue weighted by Gasteiger charge is -2.09. The Hall–Kier alpha value is -3.13. The fourth-order valence-electron chi connectivity index (χ4n) is 2.61. The number of nitrogens with one attached hydrogen (secondary N) is 1. The van der Waals surface area contributed by atoms with Crippen molar-refractivity contribution in [3.05, 3.63) is 63.8 Å². The summed E-state index contributed by atoms with van der Waals surface area (Å²) in [6.07, 6.45) is 3.29. The van der Waals surface area contributed by atoms with Crippen molar-refractivity contribution in [2.45, 2.75) is 6.54 Å². The normalized spacial score (nSPS) is 10.6. The Morgan fingerprint density at radius 1 is 1.33 bits per heavy atom. The first-order chi connectivity index (χ1) is 13.0. The zero-order valence-corrected chi connectivity index (χ0v) is 15.6. The molecule has 1 aromatic carbocycles. The molecule has 27 heavy (non-hydrogen) atoms. The first kappa shape index (κ1) is 18.7. The van der Waals surface area contributed by atoms with Crippen molar-refractivity contribution >= 4 is 17.5 Å². The molecule has 2 heterocycles. The second-order valence-electron chi connectivity index (χ2n) is 5.73. The van der Waals surface area contributed by atoms with Crippen molar-refractivity contribution in [1.29, 1.82) is 0 Å². The van der Waals surface area contributed by atoms with Crippen molar-refractivity contribution in [3.8, 4) is 17.1 Å². The molecule has 0 atom stereocenters. The molecule has 0 aliphatic rings. The average Bonchev–Trinajstić information content (AvgIpc) is 2.97. The molecular weight excluding hydrogens is 370 g/mol. The zero-order chi connectivity index (χ0) is 19.4. The predicted octanol–water partition coefficient (Wildman–Crippen LogP) is 1.74. The average molecular weight is 388 g/mol. The van der Waals surface area contributed by atoms with E-state index < -0.39 is 0 Å². The third-order valence-corrected chi connectivity index (χ3v) is 4.21. The molecule has 3 aromatic rings. The van der Waals surface area contributed by atoms with E-state index in [0.717, 1.165) is 5.56 Å². The lowest BCUT2D eigenvalue weighted by molar-refractivity contribution is 0.0948. The summed E-state index contributed by atoms with van der Waals surface area (Å²) >= 11 is 5.95. The van der Waals surface area contributed by atoms with Crippen molar-refractivity contribution < 1.29 is 9.53 Å². The molecule has 9 heteroatoms. The van der Waals surface area contributed by atoms with E-state index >= 15 is 0 Å². The SMILES string of the molecule is COc1ccc(Cl)cc1C(=O)NCCn1nc(-c2cccnc2)n(C)c1=O. The van der Waals surface area contributed by atoms with E-state index in [4.69, 9.17) is 16.3 Å². The molecule has 3 rings (SSSR count). The fraction of sp³-hybridized carbons (Fsp3) is 0.222. The largest absolute Gasteiger partial charge is 0.496 e. The van der Waals surface area contributed by atoms with E-state index in [-0.39, 0.29) is 24.7 Å². The number of nitrogens with zero attached hydrogens (tertiary/aromatic N) is 4. The number of benzene rings is 1. The van der Waals surface area contributed by atoms with Crippen LogP contribution >= 0.6 is 11.6 Å². The summed E-state index contributed by atoms with van der Waals surface area (Å²) in [6.45, 7) is 0.444. The topological polar surface area (TPSA) is 91.0 Å². The molecule has 0 unspecified atom stereocenters. The molecule has 0 radical (unpaired) electrons. The second-order valence-corrected chi connectivity index (χ2v) is 6.17. The number of carbonyl (C=O) groups is 1. The number of pyridine rings is 1. The van der Waals surface area contributed by atoms with Gasteiger partial charge in [0.2, 0.25) is 0 Å². The molecule has 0 saturated heterocycles. The molecule has 0 aliphatic carbocycles. The number of carbonyl (C=O) groups excluding carboxylic acids is 1. The van der Waals surface area contributed by atoms with E-state index in [1.807, 2.05) is 6.07 Å². The van der Waals surface area contributed by atoms with E-state index in [1.54, 1.807) is 37.6 Å². The molecule has 0 aliphatic heterocycles. The van der Waals surface area contributed by atoms with Crippen molar-refractivity contribution in [2.24, 2.45) is 7.05 Å². The second kappa shape index (κ2) is 8.05. The standard InChI is InChI=1S/C18H18ClN5O3/c1-23-16(12-4-3-7-20-11-12)22-24(18(23)26)9-8-21-17(25)14-10-13(19)5-6-15(14)27-2/h3-7,10-11H,8-9H2,1-2H3,(H,21,25). The van der Waals surface area contributed by atoms with Gasteiger partial charge in [-0.3, -0.25) is 14.3 Å². The first-order valence-electron chi connectivity index (χ1n) is 8.17. The van der Waals surface area contributed by atoms with Crippen LogP contribution < -0.4 is 15.7 Å².